The predicted octanol–water partition coefficient (Wildman–Crippen LogP) is 2.51. The first-order valence-electron chi connectivity index (χ1n) is 7.64. The molecule has 0 saturated carbocycles. The van der Waals surface area contributed by atoms with Gasteiger partial charge < -0.3 is 4.98 Å². The predicted molar refractivity (Wildman–Crippen MR) is 89.3 cm³/mol. The lowest BCUT2D eigenvalue weighted by Gasteiger charge is -2.00. The lowest BCUT2D eigenvalue weighted by molar-refractivity contribution is 0.0987. The summed E-state index contributed by atoms with van der Waals surface area (Å²) in [6.07, 6.45) is 5.57. The van der Waals surface area contributed by atoms with Crippen LogP contribution in [0, 0.1) is 13.8 Å². The third-order valence-electron chi connectivity index (χ3n) is 4.15. The monoisotopic (exact) mass is 320 g/mol. The molecule has 0 fully saturated rings. The van der Waals surface area contributed by atoms with E-state index >= 15 is 0 Å². The Morgan fingerprint density at radius 3 is 2.88 bits per heavy atom. The van der Waals surface area contributed by atoms with Crippen molar-refractivity contribution in [1.82, 2.24) is 29.9 Å². The Morgan fingerprint density at radius 1 is 1.29 bits per heavy atom. The molecule has 0 aliphatic carbocycles. The number of carbonyl (C=O) groups is 1. The van der Waals surface area contributed by atoms with Crippen LogP contribution in [0.4, 0.5) is 0 Å². The van der Waals surface area contributed by atoms with Crippen LogP contribution in [0.2, 0.25) is 0 Å². The number of fused-ring (bicyclic) bond motifs is 1. The molecule has 0 aromatic carbocycles. The highest BCUT2D eigenvalue weighted by Gasteiger charge is 2.15. The third kappa shape index (κ3) is 2.40. The van der Waals surface area contributed by atoms with E-state index in [1.807, 2.05) is 38.2 Å². The van der Waals surface area contributed by atoms with E-state index in [-0.39, 0.29) is 12.2 Å². The van der Waals surface area contributed by atoms with Gasteiger partial charge in [0.15, 0.2) is 5.78 Å². The number of Topliss-reactive ketones (excluding diaryl/α,β-unsaturated/α-hetero) is 1. The van der Waals surface area contributed by atoms with Crippen molar-refractivity contribution in [3.8, 4) is 5.82 Å². The molecular formula is C17H16N6O. The first-order chi connectivity index (χ1) is 11.6. The summed E-state index contributed by atoms with van der Waals surface area (Å²) in [4.78, 5) is 20.1. The molecule has 0 aliphatic rings. The highest BCUT2D eigenvalue weighted by atomic mass is 16.1. The summed E-state index contributed by atoms with van der Waals surface area (Å²) in [5.74, 6) is 0.825. The van der Waals surface area contributed by atoms with Crippen LogP contribution >= 0.6 is 0 Å². The standard InChI is InChI=1S/C17H16N6O/c1-10-11(2)21-22-16(10)14(24)7-12-6-13-8-15(20-17(13)18-9-12)23-5-3-4-19-23/h3-6,8-9H,7H2,1-2H3,(H,18,20)(H,21,22). The van der Waals surface area contributed by atoms with E-state index in [0.717, 1.165) is 33.7 Å². The number of aryl methyl sites for hydroxylation is 1. The Hall–Kier alpha value is -3.22. The summed E-state index contributed by atoms with van der Waals surface area (Å²) in [5, 5.41) is 12.1. The van der Waals surface area contributed by atoms with Gasteiger partial charge in [-0.05, 0) is 37.6 Å². The summed E-state index contributed by atoms with van der Waals surface area (Å²) in [7, 11) is 0. The van der Waals surface area contributed by atoms with Crippen molar-refractivity contribution in [2.24, 2.45) is 0 Å². The van der Waals surface area contributed by atoms with Crippen LogP contribution in [-0.4, -0.2) is 35.7 Å². The maximum Gasteiger partial charge on any atom is 0.187 e. The molecule has 0 radical (unpaired) electrons. The van der Waals surface area contributed by atoms with Crippen molar-refractivity contribution in [3.05, 3.63) is 59.3 Å². The molecule has 4 heterocycles. The Morgan fingerprint density at radius 2 is 2.17 bits per heavy atom. The van der Waals surface area contributed by atoms with E-state index in [9.17, 15) is 4.79 Å². The molecule has 0 amide bonds. The number of hydrogen-bond acceptors (Lipinski definition) is 4. The molecule has 120 valence electrons. The van der Waals surface area contributed by atoms with E-state index in [0.29, 0.717) is 5.69 Å². The van der Waals surface area contributed by atoms with Crippen LogP contribution < -0.4 is 0 Å². The average Bonchev–Trinajstić information content (AvgIpc) is 3.28. The minimum Gasteiger partial charge on any atom is -0.324 e. The Kier molecular flexibility index (Phi) is 3.26. The summed E-state index contributed by atoms with van der Waals surface area (Å²) in [6, 6.07) is 5.79. The van der Waals surface area contributed by atoms with Gasteiger partial charge in [0.1, 0.15) is 17.2 Å². The van der Waals surface area contributed by atoms with Crippen molar-refractivity contribution >= 4 is 16.8 Å². The normalized spacial score (nSPS) is 11.2. The second-order valence-electron chi connectivity index (χ2n) is 5.81. The van der Waals surface area contributed by atoms with Gasteiger partial charge in [-0.3, -0.25) is 9.89 Å². The van der Waals surface area contributed by atoms with E-state index in [4.69, 9.17) is 0 Å². The van der Waals surface area contributed by atoms with Gasteiger partial charge in [-0.25, -0.2) is 9.67 Å². The van der Waals surface area contributed by atoms with Crippen LogP contribution in [0.25, 0.3) is 16.9 Å². The largest absolute Gasteiger partial charge is 0.324 e. The number of rotatable bonds is 4. The summed E-state index contributed by atoms with van der Waals surface area (Å²) in [6.45, 7) is 3.80. The molecular weight excluding hydrogens is 304 g/mol. The Bertz CT molecular complexity index is 1020. The molecule has 0 saturated heterocycles. The lowest BCUT2D eigenvalue weighted by Crippen LogP contribution is -2.06. The van der Waals surface area contributed by atoms with Gasteiger partial charge in [-0.2, -0.15) is 10.2 Å². The number of nitrogens with zero attached hydrogens (tertiary/aromatic N) is 4. The van der Waals surface area contributed by atoms with E-state index in [1.165, 1.54) is 0 Å². The molecule has 4 aromatic heterocycles. The Balaban J connectivity index is 1.63. The quantitative estimate of drug-likeness (QED) is 0.565. The van der Waals surface area contributed by atoms with Gasteiger partial charge in [-0.1, -0.05) is 0 Å². The SMILES string of the molecule is Cc1[nH]nc(C(=O)Cc2cnc3[nH]c(-n4cccn4)cc3c2)c1C. The number of H-pyrrole nitrogens is 2. The maximum atomic E-state index is 12.4. The highest BCUT2D eigenvalue weighted by Crippen LogP contribution is 2.19. The number of carbonyl (C=O) groups excluding carboxylic acids is 1. The molecule has 0 spiro atoms. The number of hydrogen-bond donors (Lipinski definition) is 2. The maximum absolute atomic E-state index is 12.4. The van der Waals surface area contributed by atoms with Crippen molar-refractivity contribution in [2.75, 3.05) is 0 Å². The van der Waals surface area contributed by atoms with E-state index in [1.54, 1.807) is 17.1 Å². The van der Waals surface area contributed by atoms with Gasteiger partial charge in [-0.15, -0.1) is 0 Å². The number of ketones is 1. The fourth-order valence-electron chi connectivity index (χ4n) is 2.70. The van der Waals surface area contributed by atoms with E-state index in [2.05, 4.69) is 25.3 Å². The van der Waals surface area contributed by atoms with Crippen LogP contribution in [0.15, 0.2) is 36.8 Å². The lowest BCUT2D eigenvalue weighted by atomic mass is 10.1. The minimum atomic E-state index is -0.0131. The highest BCUT2D eigenvalue weighted by molar-refractivity contribution is 5.97. The van der Waals surface area contributed by atoms with Crippen LogP contribution in [0.5, 0.6) is 0 Å². The third-order valence-corrected chi connectivity index (χ3v) is 4.15. The topological polar surface area (TPSA) is 92.3 Å². The number of pyridine rings is 1. The Labute approximate surface area is 137 Å². The number of aromatic amines is 2. The molecule has 24 heavy (non-hydrogen) atoms. The molecule has 2 N–H and O–H groups in total. The van der Waals surface area contributed by atoms with Crippen LogP contribution in [0.1, 0.15) is 27.3 Å². The van der Waals surface area contributed by atoms with E-state index < -0.39 is 0 Å². The molecule has 7 heteroatoms. The van der Waals surface area contributed by atoms with Gasteiger partial charge >= 0.3 is 0 Å². The first-order valence-corrected chi connectivity index (χ1v) is 7.64. The van der Waals surface area contributed by atoms with Crippen LogP contribution in [0.3, 0.4) is 0 Å². The molecule has 0 atom stereocenters. The van der Waals surface area contributed by atoms with Crippen molar-refractivity contribution in [2.45, 2.75) is 20.3 Å². The van der Waals surface area contributed by atoms with Crippen molar-refractivity contribution in [3.63, 3.8) is 0 Å². The molecule has 0 unspecified atom stereocenters. The average molecular weight is 320 g/mol. The summed E-state index contributed by atoms with van der Waals surface area (Å²) in [5.41, 5.74) is 3.94. The summed E-state index contributed by atoms with van der Waals surface area (Å²) < 4.78 is 1.74. The zero-order valence-electron chi connectivity index (χ0n) is 13.4. The summed E-state index contributed by atoms with van der Waals surface area (Å²) >= 11 is 0. The smallest absolute Gasteiger partial charge is 0.187 e. The first kappa shape index (κ1) is 14.4. The second kappa shape index (κ2) is 5.45. The molecule has 4 aromatic rings. The van der Waals surface area contributed by atoms with Gasteiger partial charge in [0.25, 0.3) is 0 Å². The molecule has 0 bridgehead atoms. The zero-order chi connectivity index (χ0) is 16.7. The van der Waals surface area contributed by atoms with Gasteiger partial charge in [0, 0.05) is 41.7 Å². The minimum absolute atomic E-state index is 0.0131. The fraction of sp³-hybridized carbons (Fsp3) is 0.176. The van der Waals surface area contributed by atoms with Crippen LogP contribution in [-0.2, 0) is 6.42 Å². The number of aromatic nitrogens is 6. The van der Waals surface area contributed by atoms with Gasteiger partial charge in [0.2, 0.25) is 0 Å². The fourth-order valence-corrected chi connectivity index (χ4v) is 2.70. The van der Waals surface area contributed by atoms with Crippen molar-refractivity contribution < 1.29 is 4.79 Å². The van der Waals surface area contributed by atoms with Crippen molar-refractivity contribution in [1.29, 1.82) is 0 Å². The second-order valence-corrected chi connectivity index (χ2v) is 5.81. The molecule has 0 aliphatic heterocycles. The number of nitrogens with one attached hydrogen (secondary N) is 2. The zero-order valence-corrected chi connectivity index (χ0v) is 13.4. The van der Waals surface area contributed by atoms with Gasteiger partial charge in [0.05, 0.1) is 0 Å². The molecule has 7 nitrogen and oxygen atoms in total. The molecule has 4 rings (SSSR count).